The molecule has 1 saturated heterocycles. The topological polar surface area (TPSA) is 35.6 Å². The lowest BCUT2D eigenvalue weighted by Gasteiger charge is -2.36. The molecule has 0 atom stereocenters. The number of anilines is 1. The summed E-state index contributed by atoms with van der Waals surface area (Å²) in [5.41, 5.74) is 1.79. The Morgan fingerprint density at radius 3 is 2.40 bits per heavy atom. The number of carbonyl (C=O) groups excluding carboxylic acids is 1. The highest BCUT2D eigenvalue weighted by atomic mass is 127. The first kappa shape index (κ1) is 18.1. The van der Waals surface area contributed by atoms with Gasteiger partial charge in [0.1, 0.15) is 5.82 Å². The second-order valence-electron chi connectivity index (χ2n) is 6.04. The van der Waals surface area contributed by atoms with E-state index in [1.807, 2.05) is 36.4 Å². The van der Waals surface area contributed by atoms with Gasteiger partial charge in [-0.05, 0) is 59.0 Å². The molecule has 0 radical (unpaired) electrons. The van der Waals surface area contributed by atoms with E-state index in [1.165, 1.54) is 12.1 Å². The van der Waals surface area contributed by atoms with E-state index in [0.717, 1.165) is 47.5 Å². The smallest absolute Gasteiger partial charge is 0.252 e. The number of carbonyl (C=O) groups is 1. The number of nitrogens with one attached hydrogen (secondary N) is 1. The normalized spacial score (nSPS) is 15.2. The highest BCUT2D eigenvalue weighted by Gasteiger charge is 2.17. The molecule has 6 heteroatoms. The molecular weight excluding hydrogens is 432 g/mol. The second-order valence-corrected chi connectivity index (χ2v) is 7.20. The van der Waals surface area contributed by atoms with Gasteiger partial charge >= 0.3 is 0 Å². The molecule has 3 rings (SSSR count). The number of nitrogens with zero attached hydrogens (tertiary/aromatic N) is 2. The van der Waals surface area contributed by atoms with Gasteiger partial charge in [-0.2, -0.15) is 0 Å². The molecule has 1 fully saturated rings. The molecule has 0 bridgehead atoms. The van der Waals surface area contributed by atoms with Gasteiger partial charge in [0.25, 0.3) is 5.91 Å². The molecule has 2 aromatic carbocycles. The maximum absolute atomic E-state index is 13.0. The molecule has 0 spiro atoms. The fourth-order valence-corrected chi connectivity index (χ4v) is 3.58. The summed E-state index contributed by atoms with van der Waals surface area (Å²) in [6.07, 6.45) is 0. The van der Waals surface area contributed by atoms with Crippen LogP contribution in [0.1, 0.15) is 10.4 Å². The summed E-state index contributed by atoms with van der Waals surface area (Å²) in [5.74, 6) is -0.221. The summed E-state index contributed by atoms with van der Waals surface area (Å²) in [6.45, 7) is 5.19. The van der Waals surface area contributed by atoms with E-state index >= 15 is 0 Å². The van der Waals surface area contributed by atoms with Gasteiger partial charge in [0.15, 0.2) is 0 Å². The van der Waals surface area contributed by atoms with Crippen molar-refractivity contribution in [2.24, 2.45) is 0 Å². The zero-order valence-electron chi connectivity index (χ0n) is 13.9. The lowest BCUT2D eigenvalue weighted by molar-refractivity contribution is 0.0947. The minimum atomic E-state index is -0.203. The highest BCUT2D eigenvalue weighted by molar-refractivity contribution is 14.1. The minimum absolute atomic E-state index is 0.0186. The number of halogens is 2. The van der Waals surface area contributed by atoms with Crippen molar-refractivity contribution in [2.45, 2.75) is 0 Å². The SMILES string of the molecule is O=C(NCCN1CCN(c2ccc(F)cc2)CC1)c1ccccc1I. The van der Waals surface area contributed by atoms with Crippen molar-refractivity contribution in [3.05, 3.63) is 63.5 Å². The Morgan fingerprint density at radius 2 is 1.72 bits per heavy atom. The predicted octanol–water partition coefficient (Wildman–Crippen LogP) is 2.98. The molecule has 1 amide bonds. The molecule has 25 heavy (non-hydrogen) atoms. The maximum Gasteiger partial charge on any atom is 0.252 e. The molecule has 1 N–H and O–H groups in total. The molecule has 2 aromatic rings. The van der Waals surface area contributed by atoms with E-state index in [0.29, 0.717) is 6.54 Å². The van der Waals surface area contributed by atoms with Crippen molar-refractivity contribution in [3.8, 4) is 0 Å². The third-order valence-corrected chi connectivity index (χ3v) is 5.34. The van der Waals surface area contributed by atoms with Crippen molar-refractivity contribution >= 4 is 34.2 Å². The van der Waals surface area contributed by atoms with E-state index in [-0.39, 0.29) is 11.7 Å². The van der Waals surface area contributed by atoms with E-state index in [4.69, 9.17) is 0 Å². The maximum atomic E-state index is 13.0. The third-order valence-electron chi connectivity index (χ3n) is 4.40. The van der Waals surface area contributed by atoms with E-state index < -0.39 is 0 Å². The van der Waals surface area contributed by atoms with Crippen molar-refractivity contribution in [1.82, 2.24) is 10.2 Å². The molecule has 0 aromatic heterocycles. The van der Waals surface area contributed by atoms with Crippen LogP contribution in [0.5, 0.6) is 0 Å². The van der Waals surface area contributed by atoms with E-state index in [9.17, 15) is 9.18 Å². The van der Waals surface area contributed by atoms with Crippen LogP contribution >= 0.6 is 22.6 Å². The summed E-state index contributed by atoms with van der Waals surface area (Å²) >= 11 is 2.18. The highest BCUT2D eigenvalue weighted by Crippen LogP contribution is 2.16. The van der Waals surface area contributed by atoms with Crippen molar-refractivity contribution in [3.63, 3.8) is 0 Å². The van der Waals surface area contributed by atoms with Crippen LogP contribution in [0.15, 0.2) is 48.5 Å². The summed E-state index contributed by atoms with van der Waals surface area (Å²) < 4.78 is 14.0. The second kappa shape index (κ2) is 8.62. The minimum Gasteiger partial charge on any atom is -0.369 e. The summed E-state index contributed by atoms with van der Waals surface area (Å²) in [5, 5.41) is 3.00. The Kier molecular flexibility index (Phi) is 6.25. The summed E-state index contributed by atoms with van der Waals surface area (Å²) in [4.78, 5) is 16.8. The molecule has 1 aliphatic heterocycles. The van der Waals surface area contributed by atoms with Crippen LogP contribution < -0.4 is 10.2 Å². The zero-order chi connectivity index (χ0) is 17.6. The Hall–Kier alpha value is -1.67. The molecule has 1 heterocycles. The average molecular weight is 453 g/mol. The van der Waals surface area contributed by atoms with E-state index in [2.05, 4.69) is 37.7 Å². The van der Waals surface area contributed by atoms with Gasteiger partial charge in [0.2, 0.25) is 0 Å². The lowest BCUT2D eigenvalue weighted by atomic mass is 10.2. The number of hydrogen-bond donors (Lipinski definition) is 1. The van der Waals surface area contributed by atoms with Crippen molar-refractivity contribution in [2.75, 3.05) is 44.2 Å². The van der Waals surface area contributed by atoms with Crippen LogP contribution in [-0.4, -0.2) is 50.1 Å². The van der Waals surface area contributed by atoms with Gasteiger partial charge < -0.3 is 10.2 Å². The lowest BCUT2D eigenvalue weighted by Crippen LogP contribution is -2.48. The number of piperazine rings is 1. The molecule has 1 aliphatic rings. The quantitative estimate of drug-likeness (QED) is 0.708. The van der Waals surface area contributed by atoms with Crippen molar-refractivity contribution in [1.29, 1.82) is 0 Å². The van der Waals surface area contributed by atoms with Gasteiger partial charge in [-0.1, -0.05) is 12.1 Å². The zero-order valence-corrected chi connectivity index (χ0v) is 16.1. The van der Waals surface area contributed by atoms with Gasteiger partial charge in [-0.15, -0.1) is 0 Å². The van der Waals surface area contributed by atoms with Gasteiger partial charge in [-0.25, -0.2) is 4.39 Å². The van der Waals surface area contributed by atoms with Crippen LogP contribution in [0.2, 0.25) is 0 Å². The van der Waals surface area contributed by atoms with E-state index in [1.54, 1.807) is 0 Å². The van der Waals surface area contributed by atoms with Gasteiger partial charge in [-0.3, -0.25) is 9.69 Å². The van der Waals surface area contributed by atoms with Crippen LogP contribution in [-0.2, 0) is 0 Å². The predicted molar refractivity (Wildman–Crippen MR) is 107 cm³/mol. The fraction of sp³-hybridized carbons (Fsp3) is 0.316. The summed E-state index contributed by atoms with van der Waals surface area (Å²) in [6, 6.07) is 14.2. The molecule has 0 aliphatic carbocycles. The molecule has 0 unspecified atom stereocenters. The fourth-order valence-electron chi connectivity index (χ4n) is 2.95. The first-order valence-corrected chi connectivity index (χ1v) is 9.47. The molecule has 0 saturated carbocycles. The van der Waals surface area contributed by atoms with Gasteiger partial charge in [0.05, 0.1) is 5.56 Å². The average Bonchev–Trinajstić information content (AvgIpc) is 2.63. The van der Waals surface area contributed by atoms with Crippen LogP contribution in [0.3, 0.4) is 0 Å². The number of benzene rings is 2. The number of hydrogen-bond acceptors (Lipinski definition) is 3. The van der Waals surface area contributed by atoms with Crippen LogP contribution in [0.4, 0.5) is 10.1 Å². The summed E-state index contributed by atoms with van der Waals surface area (Å²) in [7, 11) is 0. The number of amides is 1. The number of rotatable bonds is 5. The van der Waals surface area contributed by atoms with Gasteiger partial charge in [0, 0.05) is 48.5 Å². The first-order chi connectivity index (χ1) is 12.1. The van der Waals surface area contributed by atoms with Crippen LogP contribution in [0, 0.1) is 9.39 Å². The monoisotopic (exact) mass is 453 g/mol. The standard InChI is InChI=1S/C19H21FIN3O/c20-15-5-7-16(8-6-15)24-13-11-23(12-14-24)10-9-22-19(25)17-3-1-2-4-18(17)21/h1-8H,9-14H2,(H,22,25). The Balaban J connectivity index is 1.41. The third kappa shape index (κ3) is 4.92. The molecule has 132 valence electrons. The Morgan fingerprint density at radius 1 is 1.04 bits per heavy atom. The molecule has 4 nitrogen and oxygen atoms in total. The Labute approximate surface area is 161 Å². The Bertz CT molecular complexity index is 715. The molecular formula is C19H21FIN3O. The van der Waals surface area contributed by atoms with Crippen molar-refractivity contribution < 1.29 is 9.18 Å². The first-order valence-electron chi connectivity index (χ1n) is 8.39. The van der Waals surface area contributed by atoms with Crippen LogP contribution in [0.25, 0.3) is 0 Å². The largest absolute Gasteiger partial charge is 0.369 e.